The zero-order chi connectivity index (χ0) is 10.7. The van der Waals surface area contributed by atoms with Gasteiger partial charge in [-0.05, 0) is 6.92 Å². The first-order valence-electron chi connectivity index (χ1n) is 4.63. The summed E-state index contributed by atoms with van der Waals surface area (Å²) in [5.41, 5.74) is 1.31. The van der Waals surface area contributed by atoms with Crippen LogP contribution in [0.2, 0.25) is 0 Å². The second-order valence-corrected chi connectivity index (χ2v) is 3.01. The van der Waals surface area contributed by atoms with E-state index in [1.54, 1.807) is 17.0 Å². The molecule has 0 spiro atoms. The Hall–Kier alpha value is -1.93. The number of ether oxygens (including phenoxy) is 1. The highest BCUT2D eigenvalue weighted by Gasteiger charge is 2.08. The fraction of sp³-hybridized carbons (Fsp3) is 0.300. The zero-order valence-electron chi connectivity index (χ0n) is 8.34. The molecule has 2 aromatic heterocycles. The standard InChI is InChI=1S/C10H10N4O/c1-2-15-7-14-5-8(3-11)9-4-12-6-13-10(9)14/h4-6H,2,7H2,1H3. The molecule has 0 fully saturated rings. The average molecular weight is 202 g/mol. The molecule has 0 atom stereocenters. The van der Waals surface area contributed by atoms with E-state index in [1.165, 1.54) is 6.33 Å². The lowest BCUT2D eigenvalue weighted by Crippen LogP contribution is -2.01. The highest BCUT2D eigenvalue weighted by molar-refractivity contribution is 5.82. The van der Waals surface area contributed by atoms with Gasteiger partial charge < -0.3 is 9.30 Å². The van der Waals surface area contributed by atoms with Gasteiger partial charge in [-0.2, -0.15) is 5.26 Å². The molecule has 0 amide bonds. The zero-order valence-corrected chi connectivity index (χ0v) is 8.34. The van der Waals surface area contributed by atoms with E-state index in [0.29, 0.717) is 18.9 Å². The van der Waals surface area contributed by atoms with Crippen molar-refractivity contribution in [2.75, 3.05) is 6.61 Å². The Morgan fingerprint density at radius 3 is 3.20 bits per heavy atom. The molecule has 0 N–H and O–H groups in total. The van der Waals surface area contributed by atoms with E-state index >= 15 is 0 Å². The van der Waals surface area contributed by atoms with Crippen LogP contribution in [0.25, 0.3) is 11.0 Å². The summed E-state index contributed by atoms with van der Waals surface area (Å²) in [5.74, 6) is 0. The summed E-state index contributed by atoms with van der Waals surface area (Å²) in [6, 6.07) is 2.11. The number of fused-ring (bicyclic) bond motifs is 1. The minimum absolute atomic E-state index is 0.408. The lowest BCUT2D eigenvalue weighted by Gasteiger charge is -2.02. The molecule has 0 saturated carbocycles. The SMILES string of the molecule is CCOCn1cc(C#N)c2cncnc21. The van der Waals surface area contributed by atoms with Gasteiger partial charge in [-0.15, -0.1) is 0 Å². The molecule has 15 heavy (non-hydrogen) atoms. The van der Waals surface area contributed by atoms with Crippen LogP contribution >= 0.6 is 0 Å². The molecule has 0 aliphatic heterocycles. The van der Waals surface area contributed by atoms with Gasteiger partial charge in [-0.1, -0.05) is 0 Å². The molecular formula is C10H10N4O. The molecular weight excluding hydrogens is 192 g/mol. The lowest BCUT2D eigenvalue weighted by atomic mass is 10.3. The maximum absolute atomic E-state index is 8.91. The Morgan fingerprint density at radius 1 is 1.60 bits per heavy atom. The molecule has 0 saturated heterocycles. The van der Waals surface area contributed by atoms with Crippen molar-refractivity contribution in [2.24, 2.45) is 0 Å². The van der Waals surface area contributed by atoms with Crippen molar-refractivity contribution in [3.05, 3.63) is 24.3 Å². The third-order valence-corrected chi connectivity index (χ3v) is 2.09. The number of hydrogen-bond donors (Lipinski definition) is 0. The average Bonchev–Trinajstić information content (AvgIpc) is 2.65. The number of rotatable bonds is 3. The van der Waals surface area contributed by atoms with Crippen LogP contribution in [-0.2, 0) is 11.5 Å². The second kappa shape index (κ2) is 4.07. The van der Waals surface area contributed by atoms with E-state index in [2.05, 4.69) is 16.0 Å². The molecule has 2 rings (SSSR count). The molecule has 0 radical (unpaired) electrons. The summed E-state index contributed by atoms with van der Waals surface area (Å²) in [6.45, 7) is 2.96. The summed E-state index contributed by atoms with van der Waals surface area (Å²) in [5, 5.41) is 9.68. The van der Waals surface area contributed by atoms with E-state index < -0.39 is 0 Å². The number of hydrogen-bond acceptors (Lipinski definition) is 4. The largest absolute Gasteiger partial charge is 0.361 e. The van der Waals surface area contributed by atoms with E-state index in [9.17, 15) is 0 Å². The first kappa shape index (κ1) is 9.62. The Labute approximate surface area is 86.9 Å². The normalized spacial score (nSPS) is 10.4. The van der Waals surface area contributed by atoms with Crippen LogP contribution in [0.5, 0.6) is 0 Å². The maximum atomic E-state index is 8.91. The minimum atomic E-state index is 0.408. The Bertz CT molecular complexity index is 512. The highest BCUT2D eigenvalue weighted by atomic mass is 16.5. The van der Waals surface area contributed by atoms with Gasteiger partial charge in [0.25, 0.3) is 0 Å². The van der Waals surface area contributed by atoms with Crippen molar-refractivity contribution in [3.63, 3.8) is 0 Å². The van der Waals surface area contributed by atoms with Crippen LogP contribution in [0.4, 0.5) is 0 Å². The fourth-order valence-corrected chi connectivity index (χ4v) is 1.41. The second-order valence-electron chi connectivity index (χ2n) is 3.01. The highest BCUT2D eigenvalue weighted by Crippen LogP contribution is 2.17. The van der Waals surface area contributed by atoms with Crippen molar-refractivity contribution in [1.29, 1.82) is 5.26 Å². The predicted molar refractivity (Wildman–Crippen MR) is 53.9 cm³/mol. The first-order chi connectivity index (χ1) is 7.36. The van der Waals surface area contributed by atoms with Crippen LogP contribution in [0, 0.1) is 11.3 Å². The molecule has 0 unspecified atom stereocenters. The number of nitriles is 1. The van der Waals surface area contributed by atoms with Gasteiger partial charge in [0.15, 0.2) is 0 Å². The molecule has 0 aromatic carbocycles. The van der Waals surface area contributed by atoms with E-state index in [1.807, 2.05) is 6.92 Å². The molecule has 0 aliphatic carbocycles. The van der Waals surface area contributed by atoms with Gasteiger partial charge in [0.2, 0.25) is 0 Å². The Morgan fingerprint density at radius 2 is 2.47 bits per heavy atom. The molecule has 0 aliphatic rings. The number of aromatic nitrogens is 3. The van der Waals surface area contributed by atoms with Gasteiger partial charge in [0.1, 0.15) is 24.8 Å². The Balaban J connectivity index is 2.51. The van der Waals surface area contributed by atoms with Gasteiger partial charge >= 0.3 is 0 Å². The lowest BCUT2D eigenvalue weighted by molar-refractivity contribution is 0.0905. The van der Waals surface area contributed by atoms with Gasteiger partial charge in [0.05, 0.1) is 10.9 Å². The van der Waals surface area contributed by atoms with Crippen molar-refractivity contribution in [2.45, 2.75) is 13.7 Å². The molecule has 2 heterocycles. The predicted octanol–water partition coefficient (Wildman–Crippen LogP) is 1.30. The van der Waals surface area contributed by atoms with E-state index in [0.717, 1.165) is 11.0 Å². The summed E-state index contributed by atoms with van der Waals surface area (Å²) < 4.78 is 7.08. The molecule has 5 heteroatoms. The van der Waals surface area contributed by atoms with Crippen molar-refractivity contribution in [3.8, 4) is 6.07 Å². The van der Waals surface area contributed by atoms with Gasteiger partial charge in [-0.25, -0.2) is 9.97 Å². The monoisotopic (exact) mass is 202 g/mol. The molecule has 2 aromatic rings. The topological polar surface area (TPSA) is 63.7 Å². The maximum Gasteiger partial charge on any atom is 0.146 e. The summed E-state index contributed by atoms with van der Waals surface area (Å²) in [4.78, 5) is 8.02. The van der Waals surface area contributed by atoms with Crippen molar-refractivity contribution >= 4 is 11.0 Å². The first-order valence-corrected chi connectivity index (χ1v) is 4.63. The van der Waals surface area contributed by atoms with Crippen molar-refractivity contribution < 1.29 is 4.74 Å². The van der Waals surface area contributed by atoms with Crippen LogP contribution in [0.1, 0.15) is 12.5 Å². The minimum Gasteiger partial charge on any atom is -0.361 e. The third-order valence-electron chi connectivity index (χ3n) is 2.09. The van der Waals surface area contributed by atoms with Crippen LogP contribution < -0.4 is 0 Å². The summed E-state index contributed by atoms with van der Waals surface area (Å²) in [6.07, 6.45) is 4.84. The fourth-order valence-electron chi connectivity index (χ4n) is 1.41. The summed E-state index contributed by atoms with van der Waals surface area (Å²) in [7, 11) is 0. The Kier molecular flexibility index (Phi) is 2.61. The quantitative estimate of drug-likeness (QED) is 0.752. The van der Waals surface area contributed by atoms with Gasteiger partial charge in [0, 0.05) is 19.0 Å². The van der Waals surface area contributed by atoms with Crippen molar-refractivity contribution in [1.82, 2.24) is 14.5 Å². The molecule has 0 bridgehead atoms. The van der Waals surface area contributed by atoms with Crippen LogP contribution in [-0.4, -0.2) is 21.1 Å². The number of nitrogens with zero attached hydrogens (tertiary/aromatic N) is 4. The smallest absolute Gasteiger partial charge is 0.146 e. The summed E-state index contributed by atoms with van der Waals surface area (Å²) >= 11 is 0. The van der Waals surface area contributed by atoms with Crippen LogP contribution in [0.15, 0.2) is 18.7 Å². The molecule has 5 nitrogen and oxygen atoms in total. The molecule has 76 valence electrons. The van der Waals surface area contributed by atoms with E-state index in [-0.39, 0.29) is 0 Å². The van der Waals surface area contributed by atoms with Gasteiger partial charge in [-0.3, -0.25) is 0 Å². The van der Waals surface area contributed by atoms with Crippen LogP contribution in [0.3, 0.4) is 0 Å². The van der Waals surface area contributed by atoms with E-state index in [4.69, 9.17) is 10.00 Å². The third kappa shape index (κ3) is 1.67.